The molecule has 3 heterocycles. The molecular formula is C58H35N3OS. The first-order valence-corrected chi connectivity index (χ1v) is 22.4. The van der Waals surface area contributed by atoms with Gasteiger partial charge in [-0.2, -0.15) is 0 Å². The Morgan fingerprint density at radius 1 is 0.476 bits per heavy atom. The second-order valence-electron chi connectivity index (χ2n) is 17.0. The molecule has 8 aromatic carbocycles. The maximum Gasteiger partial charge on any atom is 0.164 e. The van der Waals surface area contributed by atoms with Gasteiger partial charge in [-0.3, -0.25) is 0 Å². The van der Waals surface area contributed by atoms with Gasteiger partial charge in [-0.1, -0.05) is 152 Å². The molecule has 3 aliphatic carbocycles. The zero-order chi connectivity index (χ0) is 41.2. The molecule has 0 amide bonds. The molecule has 5 heteroatoms. The van der Waals surface area contributed by atoms with Crippen LogP contribution in [0, 0.1) is 0 Å². The Labute approximate surface area is 367 Å². The van der Waals surface area contributed by atoms with Crippen molar-refractivity contribution in [1.82, 2.24) is 15.0 Å². The van der Waals surface area contributed by atoms with Gasteiger partial charge in [0.2, 0.25) is 0 Å². The Morgan fingerprint density at radius 2 is 1.19 bits per heavy atom. The molecule has 14 rings (SSSR count). The Hall–Kier alpha value is -7.73. The van der Waals surface area contributed by atoms with Crippen molar-refractivity contribution in [2.24, 2.45) is 0 Å². The lowest BCUT2D eigenvalue weighted by Gasteiger charge is -2.31. The van der Waals surface area contributed by atoms with Crippen LogP contribution < -0.4 is 0 Å². The number of fused-ring (bicyclic) bond motifs is 17. The molecule has 3 aliphatic rings. The smallest absolute Gasteiger partial charge is 0.164 e. The van der Waals surface area contributed by atoms with Gasteiger partial charge < -0.3 is 4.42 Å². The van der Waals surface area contributed by atoms with Gasteiger partial charge in [0.25, 0.3) is 0 Å². The van der Waals surface area contributed by atoms with Crippen molar-refractivity contribution < 1.29 is 4.42 Å². The number of furan rings is 1. The zero-order valence-corrected chi connectivity index (χ0v) is 34.7. The third kappa shape index (κ3) is 4.94. The van der Waals surface area contributed by atoms with E-state index < -0.39 is 5.41 Å². The van der Waals surface area contributed by atoms with Gasteiger partial charge in [-0.05, 0) is 99.0 Å². The van der Waals surface area contributed by atoms with Gasteiger partial charge >= 0.3 is 0 Å². The van der Waals surface area contributed by atoms with Crippen LogP contribution in [0.4, 0.5) is 0 Å². The van der Waals surface area contributed by atoms with Crippen LogP contribution >= 0.6 is 11.3 Å². The SMILES string of the molecule is C1=CCC(c2cccc(-c3nc(-c4ccccc4)nc(-c4ccc5c(c4)oc4ccc6c(c45)C4(c5ccccc5-c5ccccc54)c4cc5sc7ccccc7c5cc4-6)n3)c2)C=C1. The second-order valence-corrected chi connectivity index (χ2v) is 18.0. The Balaban J connectivity index is 0.999. The molecule has 1 unspecified atom stereocenters. The monoisotopic (exact) mass is 821 g/mol. The van der Waals surface area contributed by atoms with Crippen LogP contribution in [-0.4, -0.2) is 15.0 Å². The molecule has 0 bridgehead atoms. The van der Waals surface area contributed by atoms with E-state index in [4.69, 9.17) is 19.4 Å². The molecule has 0 fully saturated rings. The van der Waals surface area contributed by atoms with E-state index in [9.17, 15) is 0 Å². The maximum absolute atomic E-state index is 6.97. The van der Waals surface area contributed by atoms with Crippen LogP contribution in [0.5, 0.6) is 0 Å². The summed E-state index contributed by atoms with van der Waals surface area (Å²) in [6.07, 6.45) is 9.71. The summed E-state index contributed by atoms with van der Waals surface area (Å²) >= 11 is 1.88. The molecule has 0 saturated heterocycles. The third-order valence-corrected chi connectivity index (χ3v) is 14.8. The first-order chi connectivity index (χ1) is 31.2. The van der Waals surface area contributed by atoms with E-state index in [1.54, 1.807) is 0 Å². The van der Waals surface area contributed by atoms with Crippen molar-refractivity contribution in [3.05, 3.63) is 222 Å². The van der Waals surface area contributed by atoms with Crippen LogP contribution in [0.25, 0.3) is 98.5 Å². The summed E-state index contributed by atoms with van der Waals surface area (Å²) in [5, 5.41) is 4.84. The van der Waals surface area contributed by atoms with Crippen molar-refractivity contribution >= 4 is 53.4 Å². The fourth-order valence-corrected chi connectivity index (χ4v) is 12.1. The minimum Gasteiger partial charge on any atom is -0.456 e. The molecule has 0 aliphatic heterocycles. The summed E-state index contributed by atoms with van der Waals surface area (Å²) in [5.41, 5.74) is 15.5. The Morgan fingerprint density at radius 3 is 1.98 bits per heavy atom. The first-order valence-electron chi connectivity index (χ1n) is 21.6. The molecule has 0 N–H and O–H groups in total. The van der Waals surface area contributed by atoms with Crippen LogP contribution in [0.1, 0.15) is 40.2 Å². The molecule has 1 spiro atoms. The fourth-order valence-electron chi connectivity index (χ4n) is 10.9. The molecule has 294 valence electrons. The summed E-state index contributed by atoms with van der Waals surface area (Å²) in [7, 11) is 0. The van der Waals surface area contributed by atoms with Crippen LogP contribution in [0.2, 0.25) is 0 Å². The van der Waals surface area contributed by atoms with Crippen molar-refractivity contribution in [3.63, 3.8) is 0 Å². The lowest BCUT2D eigenvalue weighted by Crippen LogP contribution is -2.26. The number of thiophene rings is 1. The summed E-state index contributed by atoms with van der Waals surface area (Å²) in [6.45, 7) is 0. The lowest BCUT2D eigenvalue weighted by atomic mass is 9.69. The van der Waals surface area contributed by atoms with E-state index >= 15 is 0 Å². The second kappa shape index (κ2) is 13.1. The van der Waals surface area contributed by atoms with E-state index in [1.807, 2.05) is 29.5 Å². The van der Waals surface area contributed by atoms with E-state index in [1.165, 1.54) is 70.2 Å². The predicted molar refractivity (Wildman–Crippen MR) is 258 cm³/mol. The molecule has 3 aromatic heterocycles. The number of aromatic nitrogens is 3. The minimum atomic E-state index is -0.539. The lowest BCUT2D eigenvalue weighted by molar-refractivity contribution is 0.668. The molecule has 0 saturated carbocycles. The van der Waals surface area contributed by atoms with Crippen LogP contribution in [-0.2, 0) is 5.41 Å². The summed E-state index contributed by atoms with van der Waals surface area (Å²) in [4.78, 5) is 15.4. The first kappa shape index (κ1) is 34.9. The molecule has 63 heavy (non-hydrogen) atoms. The van der Waals surface area contributed by atoms with Crippen LogP contribution in [0.15, 0.2) is 199 Å². The number of hydrogen-bond donors (Lipinski definition) is 0. The fraction of sp³-hybridized carbons (Fsp3) is 0.0517. The topological polar surface area (TPSA) is 51.8 Å². The van der Waals surface area contributed by atoms with Gasteiger partial charge in [-0.15, -0.1) is 11.3 Å². The summed E-state index contributed by atoms with van der Waals surface area (Å²) in [6, 6.07) is 61.6. The van der Waals surface area contributed by atoms with Crippen molar-refractivity contribution in [1.29, 1.82) is 0 Å². The molecular weight excluding hydrogens is 787 g/mol. The van der Waals surface area contributed by atoms with Gasteiger partial charge in [0.1, 0.15) is 11.2 Å². The molecule has 11 aromatic rings. The number of nitrogens with zero attached hydrogens (tertiary/aromatic N) is 3. The van der Waals surface area contributed by atoms with E-state index in [0.717, 1.165) is 45.0 Å². The number of hydrogen-bond acceptors (Lipinski definition) is 5. The van der Waals surface area contributed by atoms with E-state index in [-0.39, 0.29) is 0 Å². The highest BCUT2D eigenvalue weighted by atomic mass is 32.1. The van der Waals surface area contributed by atoms with E-state index in [0.29, 0.717) is 23.4 Å². The van der Waals surface area contributed by atoms with Crippen LogP contribution in [0.3, 0.4) is 0 Å². The highest BCUT2D eigenvalue weighted by Crippen LogP contribution is 2.65. The maximum atomic E-state index is 6.97. The van der Waals surface area contributed by atoms with Gasteiger partial charge in [0, 0.05) is 53.6 Å². The average Bonchev–Trinajstić information content (AvgIpc) is 4.08. The highest BCUT2D eigenvalue weighted by Gasteiger charge is 2.53. The average molecular weight is 822 g/mol. The summed E-state index contributed by atoms with van der Waals surface area (Å²) < 4.78 is 9.59. The summed E-state index contributed by atoms with van der Waals surface area (Å²) in [5.74, 6) is 2.20. The van der Waals surface area contributed by atoms with Gasteiger partial charge in [-0.25, -0.2) is 15.0 Å². The number of rotatable bonds is 4. The van der Waals surface area contributed by atoms with Crippen molar-refractivity contribution in [3.8, 4) is 56.4 Å². The Kier molecular flexibility index (Phi) is 7.28. The quantitative estimate of drug-likeness (QED) is 0.177. The number of allylic oxidation sites excluding steroid dienone is 4. The Bertz CT molecular complexity index is 3750. The third-order valence-electron chi connectivity index (χ3n) is 13.7. The number of benzene rings is 8. The van der Waals surface area contributed by atoms with Gasteiger partial charge in [0.15, 0.2) is 17.5 Å². The van der Waals surface area contributed by atoms with Crippen molar-refractivity contribution in [2.45, 2.75) is 17.8 Å². The van der Waals surface area contributed by atoms with E-state index in [2.05, 4.69) is 176 Å². The predicted octanol–water partition coefficient (Wildman–Crippen LogP) is 15.1. The largest absolute Gasteiger partial charge is 0.456 e. The normalized spacial score (nSPS) is 15.4. The highest BCUT2D eigenvalue weighted by molar-refractivity contribution is 7.25. The van der Waals surface area contributed by atoms with Crippen molar-refractivity contribution in [2.75, 3.05) is 0 Å². The minimum absolute atomic E-state index is 0.316. The molecule has 4 nitrogen and oxygen atoms in total. The molecule has 1 atom stereocenters. The van der Waals surface area contributed by atoms with Gasteiger partial charge in [0.05, 0.1) is 5.41 Å². The standard InChI is InChI=1S/C58H35N3OS/c1-3-14-34(15-4-1)36-18-13-19-37(30-36)56-59-55(35-16-5-2-6-17-35)60-57(61-56)38-26-27-43-50(31-38)62-49-29-28-42-44-32-45-41-22-9-12-25-51(41)63-52(45)33-48(44)58(54(42)53(43)49)46-23-10-7-20-39(46)40-21-8-11-24-47(40)58/h1-14,16-34H,15H2. The molecule has 0 radical (unpaired) electrons. The zero-order valence-electron chi connectivity index (χ0n) is 33.9.